The summed E-state index contributed by atoms with van der Waals surface area (Å²) in [7, 11) is -3.55. The number of benzene rings is 1. The van der Waals surface area contributed by atoms with Crippen molar-refractivity contribution >= 4 is 37.5 Å². The smallest absolute Gasteiger partial charge is 0.237 e. The Morgan fingerprint density at radius 2 is 1.82 bits per heavy atom. The Kier molecular flexibility index (Phi) is 6.31. The third-order valence-electron chi connectivity index (χ3n) is 4.48. The number of halogens is 1. The van der Waals surface area contributed by atoms with Crippen molar-refractivity contribution < 1.29 is 13.2 Å². The van der Waals surface area contributed by atoms with Gasteiger partial charge in [-0.05, 0) is 29.8 Å². The fourth-order valence-corrected chi connectivity index (χ4v) is 4.69. The molecule has 7 nitrogen and oxygen atoms in total. The molecule has 2 heterocycles. The van der Waals surface area contributed by atoms with Crippen molar-refractivity contribution in [2.75, 3.05) is 36.8 Å². The van der Waals surface area contributed by atoms with Gasteiger partial charge in [0.2, 0.25) is 5.91 Å². The van der Waals surface area contributed by atoms with Crippen LogP contribution in [0.2, 0.25) is 0 Å². The van der Waals surface area contributed by atoms with Crippen LogP contribution in [-0.2, 0) is 20.4 Å². The van der Waals surface area contributed by atoms with Crippen LogP contribution in [-0.4, -0.2) is 56.1 Å². The van der Waals surface area contributed by atoms with Gasteiger partial charge >= 0.3 is 0 Å². The number of sulfone groups is 1. The summed E-state index contributed by atoms with van der Waals surface area (Å²) in [5.74, 6) is -0.458. The average molecular weight is 463 g/mol. The van der Waals surface area contributed by atoms with Gasteiger partial charge in [-0.2, -0.15) is 5.26 Å². The number of hydrogen-bond donors (Lipinski definition) is 0. The van der Waals surface area contributed by atoms with Gasteiger partial charge in [0.1, 0.15) is 17.6 Å². The third-order valence-corrected chi connectivity index (χ3v) is 6.47. The maximum atomic E-state index is 12.5. The van der Waals surface area contributed by atoms with E-state index in [0.717, 1.165) is 4.47 Å². The first kappa shape index (κ1) is 20.3. The Morgan fingerprint density at radius 1 is 1.14 bits per heavy atom. The highest BCUT2D eigenvalue weighted by Gasteiger charge is 2.26. The number of anilines is 1. The Labute approximate surface area is 172 Å². The van der Waals surface area contributed by atoms with Gasteiger partial charge in [-0.1, -0.05) is 28.1 Å². The van der Waals surface area contributed by atoms with E-state index < -0.39 is 21.5 Å². The normalized spacial score (nSPS) is 14.6. The number of aromatic nitrogens is 1. The zero-order valence-electron chi connectivity index (χ0n) is 15.1. The minimum atomic E-state index is -3.55. The van der Waals surface area contributed by atoms with E-state index in [-0.39, 0.29) is 5.75 Å². The molecule has 146 valence electrons. The molecule has 0 bridgehead atoms. The Bertz CT molecular complexity index is 995. The molecule has 2 aromatic rings. The highest BCUT2D eigenvalue weighted by atomic mass is 79.9. The Hall–Kier alpha value is -2.44. The SMILES string of the molecule is N#Cc1cccnc1N1CCN(C(=O)CS(=O)(=O)Cc2ccc(Br)cc2)CC1. The van der Waals surface area contributed by atoms with Crippen LogP contribution in [0, 0.1) is 11.3 Å². The van der Waals surface area contributed by atoms with Gasteiger partial charge < -0.3 is 9.80 Å². The average Bonchev–Trinajstić information content (AvgIpc) is 2.69. The molecular formula is C19H19BrN4O3S. The highest BCUT2D eigenvalue weighted by molar-refractivity contribution is 9.10. The second-order valence-electron chi connectivity index (χ2n) is 6.51. The van der Waals surface area contributed by atoms with Crippen LogP contribution in [0.5, 0.6) is 0 Å². The lowest BCUT2D eigenvalue weighted by atomic mass is 10.2. The summed E-state index contributed by atoms with van der Waals surface area (Å²) < 4.78 is 25.7. The molecule has 0 unspecified atom stereocenters. The van der Waals surface area contributed by atoms with Crippen LogP contribution in [0.3, 0.4) is 0 Å². The molecule has 1 aliphatic rings. The molecule has 9 heteroatoms. The molecule has 0 spiro atoms. The van der Waals surface area contributed by atoms with Crippen LogP contribution in [0.4, 0.5) is 5.82 Å². The lowest BCUT2D eigenvalue weighted by molar-refractivity contribution is -0.128. The van der Waals surface area contributed by atoms with Gasteiger partial charge in [0.25, 0.3) is 0 Å². The van der Waals surface area contributed by atoms with Gasteiger partial charge in [-0.3, -0.25) is 4.79 Å². The number of amides is 1. The number of nitrogens with zero attached hydrogens (tertiary/aromatic N) is 4. The molecule has 28 heavy (non-hydrogen) atoms. The molecule has 0 aliphatic carbocycles. The van der Waals surface area contributed by atoms with Crippen molar-refractivity contribution in [2.45, 2.75) is 5.75 Å². The van der Waals surface area contributed by atoms with Crippen molar-refractivity contribution in [3.8, 4) is 6.07 Å². The number of pyridine rings is 1. The topological polar surface area (TPSA) is 94.4 Å². The summed E-state index contributed by atoms with van der Waals surface area (Å²) in [4.78, 5) is 20.2. The van der Waals surface area contributed by atoms with Crippen molar-refractivity contribution in [1.82, 2.24) is 9.88 Å². The molecule has 3 rings (SSSR count). The second-order valence-corrected chi connectivity index (χ2v) is 9.49. The predicted molar refractivity (Wildman–Crippen MR) is 109 cm³/mol. The number of hydrogen-bond acceptors (Lipinski definition) is 6. The zero-order chi connectivity index (χ0) is 20.1. The standard InChI is InChI=1S/C19H19BrN4O3S/c20-17-5-3-15(4-6-17)13-28(26,27)14-18(25)23-8-10-24(11-9-23)19-16(12-21)2-1-7-22-19/h1-7H,8-11,13-14H2. The van der Waals surface area contributed by atoms with Gasteiger partial charge in [0.05, 0.1) is 11.3 Å². The quantitative estimate of drug-likeness (QED) is 0.673. The largest absolute Gasteiger partial charge is 0.352 e. The Morgan fingerprint density at radius 3 is 2.46 bits per heavy atom. The van der Waals surface area contributed by atoms with Crippen LogP contribution in [0.15, 0.2) is 47.1 Å². The van der Waals surface area contributed by atoms with Gasteiger partial charge in [-0.25, -0.2) is 13.4 Å². The van der Waals surface area contributed by atoms with E-state index in [1.165, 1.54) is 0 Å². The van der Waals surface area contributed by atoms with Gasteiger partial charge in [0, 0.05) is 36.8 Å². The van der Waals surface area contributed by atoms with Crippen LogP contribution in [0.25, 0.3) is 0 Å². The predicted octanol–water partition coefficient (Wildman–Crippen LogP) is 1.98. The maximum Gasteiger partial charge on any atom is 0.237 e. The summed E-state index contributed by atoms with van der Waals surface area (Å²) in [6.07, 6.45) is 1.63. The summed E-state index contributed by atoms with van der Waals surface area (Å²) in [6.45, 7) is 1.80. The van der Waals surface area contributed by atoms with Crippen LogP contribution >= 0.6 is 15.9 Å². The number of piperazine rings is 1. The molecule has 1 amide bonds. The summed E-state index contributed by atoms with van der Waals surface area (Å²) in [5, 5.41) is 9.20. The van der Waals surface area contributed by atoms with E-state index in [4.69, 9.17) is 0 Å². The molecule has 1 saturated heterocycles. The third kappa shape index (κ3) is 5.09. The van der Waals surface area contributed by atoms with E-state index in [1.807, 2.05) is 4.90 Å². The minimum Gasteiger partial charge on any atom is -0.352 e. The molecule has 0 saturated carbocycles. The fourth-order valence-electron chi connectivity index (χ4n) is 3.07. The van der Waals surface area contributed by atoms with Crippen LogP contribution < -0.4 is 4.90 Å². The van der Waals surface area contributed by atoms with Crippen molar-refractivity contribution in [3.05, 3.63) is 58.2 Å². The molecule has 1 aliphatic heterocycles. The fraction of sp³-hybridized carbons (Fsp3) is 0.316. The summed E-state index contributed by atoms with van der Waals surface area (Å²) >= 11 is 3.31. The summed E-state index contributed by atoms with van der Waals surface area (Å²) in [6, 6.07) is 12.5. The van der Waals surface area contributed by atoms with Crippen molar-refractivity contribution in [3.63, 3.8) is 0 Å². The van der Waals surface area contributed by atoms with Gasteiger partial charge in [-0.15, -0.1) is 0 Å². The molecule has 0 atom stereocenters. The van der Waals surface area contributed by atoms with Crippen molar-refractivity contribution in [1.29, 1.82) is 5.26 Å². The van der Waals surface area contributed by atoms with E-state index in [2.05, 4.69) is 27.0 Å². The molecule has 1 aromatic carbocycles. The lowest BCUT2D eigenvalue weighted by Crippen LogP contribution is -2.50. The summed E-state index contributed by atoms with van der Waals surface area (Å²) in [5.41, 5.74) is 1.14. The van der Waals surface area contributed by atoms with E-state index in [1.54, 1.807) is 47.5 Å². The minimum absolute atomic E-state index is 0.161. The first-order valence-electron chi connectivity index (χ1n) is 8.71. The molecule has 0 N–H and O–H groups in total. The first-order valence-corrected chi connectivity index (χ1v) is 11.3. The van der Waals surface area contributed by atoms with Crippen molar-refractivity contribution in [2.24, 2.45) is 0 Å². The van der Waals surface area contributed by atoms with E-state index in [9.17, 15) is 18.5 Å². The highest BCUT2D eigenvalue weighted by Crippen LogP contribution is 2.18. The van der Waals surface area contributed by atoms with Crippen LogP contribution in [0.1, 0.15) is 11.1 Å². The molecule has 1 fully saturated rings. The van der Waals surface area contributed by atoms with Gasteiger partial charge in [0.15, 0.2) is 9.84 Å². The number of carbonyl (C=O) groups excluding carboxylic acids is 1. The van der Waals surface area contributed by atoms with E-state index in [0.29, 0.717) is 43.1 Å². The second kappa shape index (κ2) is 8.71. The molecular weight excluding hydrogens is 444 g/mol. The zero-order valence-corrected chi connectivity index (χ0v) is 17.5. The molecule has 0 radical (unpaired) electrons. The maximum absolute atomic E-state index is 12.5. The Balaban J connectivity index is 1.57. The number of rotatable bonds is 5. The first-order chi connectivity index (χ1) is 13.4. The number of carbonyl (C=O) groups is 1. The lowest BCUT2D eigenvalue weighted by Gasteiger charge is -2.35. The molecule has 1 aromatic heterocycles. The monoisotopic (exact) mass is 462 g/mol. The van der Waals surface area contributed by atoms with E-state index >= 15 is 0 Å². The number of nitriles is 1.